The van der Waals surface area contributed by atoms with Crippen LogP contribution in [0.25, 0.3) is 10.9 Å². The highest BCUT2D eigenvalue weighted by Crippen LogP contribution is 2.19. The van der Waals surface area contributed by atoms with Crippen molar-refractivity contribution in [2.45, 2.75) is 0 Å². The molecule has 0 fully saturated rings. The van der Waals surface area contributed by atoms with Gasteiger partial charge in [0.2, 0.25) is 0 Å². The average Bonchev–Trinajstić information content (AvgIpc) is 2.42. The number of nitrogens with zero attached hydrogens (tertiary/aromatic N) is 2. The van der Waals surface area contributed by atoms with Gasteiger partial charge in [0.25, 0.3) is 0 Å². The van der Waals surface area contributed by atoms with Crippen LogP contribution in [0.1, 0.15) is 5.56 Å². The summed E-state index contributed by atoms with van der Waals surface area (Å²) in [5, 5.41) is 13.2. The smallest absolute Gasteiger partial charge is 0.144 e. The molecule has 0 saturated carbocycles. The Morgan fingerprint density at radius 1 is 1.33 bits per heavy atom. The molecule has 0 amide bonds. The normalized spacial score (nSPS) is 10.7. The van der Waals surface area contributed by atoms with Crippen LogP contribution in [0.3, 0.4) is 0 Å². The predicted molar refractivity (Wildman–Crippen MR) is 73.1 cm³/mol. The summed E-state index contributed by atoms with van der Waals surface area (Å²) in [7, 11) is 0. The summed E-state index contributed by atoms with van der Waals surface area (Å²) in [6.07, 6.45) is 3.78. The first-order chi connectivity index (χ1) is 8.85. The largest absolute Gasteiger partial charge is 0.365 e. The molecular weight excluding hydrogens is 224 g/mol. The Labute approximate surface area is 106 Å². The van der Waals surface area contributed by atoms with E-state index in [2.05, 4.69) is 16.4 Å². The van der Waals surface area contributed by atoms with Gasteiger partial charge < -0.3 is 11.1 Å². The Hall–Kier alpha value is -2.38. The van der Waals surface area contributed by atoms with Gasteiger partial charge >= 0.3 is 0 Å². The maximum atomic E-state index is 9.11. The first kappa shape index (κ1) is 12.1. The van der Waals surface area contributed by atoms with Crippen molar-refractivity contribution in [3.8, 4) is 6.07 Å². The second-order valence-electron chi connectivity index (χ2n) is 3.78. The molecule has 0 atom stereocenters. The van der Waals surface area contributed by atoms with Crippen LogP contribution in [-0.4, -0.2) is 18.1 Å². The number of fused-ring (bicyclic) bond motifs is 1. The Balaban J connectivity index is 2.31. The molecule has 0 aliphatic rings. The molecule has 4 heteroatoms. The summed E-state index contributed by atoms with van der Waals surface area (Å²) in [6, 6.07) is 11.7. The van der Waals surface area contributed by atoms with Gasteiger partial charge in [-0.3, -0.25) is 0 Å². The zero-order chi connectivity index (χ0) is 12.8. The molecule has 18 heavy (non-hydrogen) atoms. The Morgan fingerprint density at radius 2 is 2.17 bits per heavy atom. The van der Waals surface area contributed by atoms with Crippen LogP contribution in [-0.2, 0) is 0 Å². The molecule has 0 saturated heterocycles. The van der Waals surface area contributed by atoms with E-state index in [4.69, 9.17) is 11.0 Å². The van der Waals surface area contributed by atoms with Crippen LogP contribution >= 0.6 is 0 Å². The highest BCUT2D eigenvalue weighted by atomic mass is 15.0. The van der Waals surface area contributed by atoms with Crippen molar-refractivity contribution < 1.29 is 0 Å². The maximum Gasteiger partial charge on any atom is 0.144 e. The van der Waals surface area contributed by atoms with Crippen LogP contribution in [0.2, 0.25) is 0 Å². The standard InChI is InChI=1S/C14H14N4/c15-7-3-4-8-17-14-12(10-16)9-11-5-1-2-6-13(11)18-14/h1-6,9H,7-8,15H2,(H,17,18)/b4-3+. The molecule has 90 valence electrons. The fourth-order valence-corrected chi connectivity index (χ4v) is 1.67. The van der Waals surface area contributed by atoms with Gasteiger partial charge in [0.1, 0.15) is 11.9 Å². The highest BCUT2D eigenvalue weighted by molar-refractivity contribution is 5.82. The molecule has 1 aromatic heterocycles. The van der Waals surface area contributed by atoms with Crippen LogP contribution in [0, 0.1) is 11.3 Å². The molecule has 0 bridgehead atoms. The topological polar surface area (TPSA) is 74.7 Å². The summed E-state index contributed by atoms with van der Waals surface area (Å²) in [5.74, 6) is 0.609. The number of para-hydroxylation sites is 1. The summed E-state index contributed by atoms with van der Waals surface area (Å²) in [4.78, 5) is 4.44. The van der Waals surface area contributed by atoms with Crippen molar-refractivity contribution in [2.75, 3.05) is 18.4 Å². The molecule has 2 aromatic rings. The van der Waals surface area contributed by atoms with Gasteiger partial charge in [-0.15, -0.1) is 0 Å². The second kappa shape index (κ2) is 5.80. The molecule has 1 heterocycles. The van der Waals surface area contributed by atoms with E-state index in [0.717, 1.165) is 10.9 Å². The fourth-order valence-electron chi connectivity index (χ4n) is 1.67. The van der Waals surface area contributed by atoms with Crippen molar-refractivity contribution >= 4 is 16.7 Å². The van der Waals surface area contributed by atoms with Crippen LogP contribution in [0.5, 0.6) is 0 Å². The number of pyridine rings is 1. The average molecular weight is 238 g/mol. The summed E-state index contributed by atoms with van der Waals surface area (Å²) in [6.45, 7) is 1.12. The van der Waals surface area contributed by atoms with E-state index in [1.165, 1.54) is 0 Å². The summed E-state index contributed by atoms with van der Waals surface area (Å²) in [5.41, 5.74) is 6.78. The van der Waals surface area contributed by atoms with Gasteiger partial charge in [-0.25, -0.2) is 4.98 Å². The zero-order valence-electron chi connectivity index (χ0n) is 9.93. The summed E-state index contributed by atoms with van der Waals surface area (Å²) < 4.78 is 0. The SMILES string of the molecule is N#Cc1cc2ccccc2nc1NC/C=C/CN. The van der Waals surface area contributed by atoms with Gasteiger partial charge in [0.05, 0.1) is 11.1 Å². The van der Waals surface area contributed by atoms with Crippen LogP contribution < -0.4 is 11.1 Å². The van der Waals surface area contributed by atoms with Crippen molar-refractivity contribution in [3.05, 3.63) is 48.0 Å². The predicted octanol–water partition coefficient (Wildman–Crippen LogP) is 2.03. The van der Waals surface area contributed by atoms with E-state index in [1.54, 1.807) is 0 Å². The molecule has 0 aliphatic heterocycles. The number of hydrogen-bond donors (Lipinski definition) is 2. The monoisotopic (exact) mass is 238 g/mol. The van der Waals surface area contributed by atoms with Crippen molar-refractivity contribution in [2.24, 2.45) is 5.73 Å². The third-order valence-electron chi connectivity index (χ3n) is 2.53. The summed E-state index contributed by atoms with van der Waals surface area (Å²) >= 11 is 0. The van der Waals surface area contributed by atoms with Gasteiger partial charge in [-0.05, 0) is 12.1 Å². The quantitative estimate of drug-likeness (QED) is 0.799. The number of rotatable bonds is 4. The van der Waals surface area contributed by atoms with Crippen molar-refractivity contribution in [3.63, 3.8) is 0 Å². The Bertz CT molecular complexity index is 611. The van der Waals surface area contributed by atoms with Gasteiger partial charge in [0, 0.05) is 18.5 Å². The van der Waals surface area contributed by atoms with E-state index in [1.807, 2.05) is 42.5 Å². The lowest BCUT2D eigenvalue weighted by atomic mass is 10.1. The van der Waals surface area contributed by atoms with Gasteiger partial charge in [0.15, 0.2) is 0 Å². The van der Waals surface area contributed by atoms with E-state index in [9.17, 15) is 0 Å². The van der Waals surface area contributed by atoms with Crippen molar-refractivity contribution in [1.82, 2.24) is 4.98 Å². The van der Waals surface area contributed by atoms with E-state index >= 15 is 0 Å². The minimum Gasteiger partial charge on any atom is -0.365 e. The van der Waals surface area contributed by atoms with Crippen LogP contribution in [0.4, 0.5) is 5.82 Å². The molecule has 2 rings (SSSR count). The first-order valence-corrected chi connectivity index (χ1v) is 5.74. The lowest BCUT2D eigenvalue weighted by molar-refractivity contribution is 1.20. The lowest BCUT2D eigenvalue weighted by Crippen LogP contribution is -2.04. The second-order valence-corrected chi connectivity index (χ2v) is 3.78. The van der Waals surface area contributed by atoms with Gasteiger partial charge in [-0.2, -0.15) is 5.26 Å². The van der Waals surface area contributed by atoms with Crippen molar-refractivity contribution in [1.29, 1.82) is 5.26 Å². The lowest BCUT2D eigenvalue weighted by Gasteiger charge is -2.06. The number of anilines is 1. The minimum absolute atomic E-state index is 0.512. The number of nitriles is 1. The molecule has 0 radical (unpaired) electrons. The Morgan fingerprint density at radius 3 is 2.94 bits per heavy atom. The van der Waals surface area contributed by atoms with Crippen LogP contribution in [0.15, 0.2) is 42.5 Å². The van der Waals surface area contributed by atoms with E-state index in [0.29, 0.717) is 24.5 Å². The first-order valence-electron chi connectivity index (χ1n) is 5.74. The van der Waals surface area contributed by atoms with E-state index in [-0.39, 0.29) is 0 Å². The third-order valence-corrected chi connectivity index (χ3v) is 2.53. The Kier molecular flexibility index (Phi) is 3.90. The number of benzene rings is 1. The minimum atomic E-state index is 0.512. The van der Waals surface area contributed by atoms with E-state index < -0.39 is 0 Å². The number of nitrogens with two attached hydrogens (primary N) is 1. The maximum absolute atomic E-state index is 9.11. The molecular formula is C14H14N4. The number of nitrogens with one attached hydrogen (secondary N) is 1. The fraction of sp³-hybridized carbons (Fsp3) is 0.143. The number of aromatic nitrogens is 1. The third kappa shape index (κ3) is 2.65. The molecule has 0 aliphatic carbocycles. The zero-order valence-corrected chi connectivity index (χ0v) is 9.93. The molecule has 0 unspecified atom stereocenters. The number of hydrogen-bond acceptors (Lipinski definition) is 4. The van der Waals surface area contributed by atoms with Gasteiger partial charge in [-0.1, -0.05) is 30.4 Å². The molecule has 4 nitrogen and oxygen atoms in total. The molecule has 3 N–H and O–H groups in total. The molecule has 1 aromatic carbocycles. The highest BCUT2D eigenvalue weighted by Gasteiger charge is 2.04. The molecule has 0 spiro atoms.